The third-order valence-electron chi connectivity index (χ3n) is 2.23. The van der Waals surface area contributed by atoms with Gasteiger partial charge in [0.05, 0.1) is 12.4 Å². The topological polar surface area (TPSA) is 60.9 Å². The number of hydrogen-bond acceptors (Lipinski definition) is 3. The Bertz CT molecular complexity index is 223. The number of nitrogens with zero attached hydrogens (tertiary/aromatic N) is 1. The van der Waals surface area contributed by atoms with Crippen LogP contribution in [-0.2, 0) is 6.54 Å². The molecule has 0 fully saturated rings. The van der Waals surface area contributed by atoms with E-state index in [2.05, 4.69) is 15.3 Å². The zero-order valence-electron chi connectivity index (χ0n) is 8.66. The van der Waals surface area contributed by atoms with E-state index >= 15 is 0 Å². The molecule has 1 aromatic heterocycles. The minimum atomic E-state index is -0.135. The fourth-order valence-corrected chi connectivity index (χ4v) is 1.27. The Balaban J connectivity index is 1.95. The maximum Gasteiger partial charge on any atom is 0.0922 e. The van der Waals surface area contributed by atoms with Gasteiger partial charge < -0.3 is 15.4 Å². The monoisotopic (exact) mass is 197 g/mol. The Hall–Kier alpha value is -0.870. The predicted octanol–water partition coefficient (Wildman–Crippen LogP) is 1.05. The van der Waals surface area contributed by atoms with Gasteiger partial charge in [-0.2, -0.15) is 0 Å². The molecule has 1 atom stereocenters. The number of rotatable bonds is 7. The fourth-order valence-electron chi connectivity index (χ4n) is 1.27. The van der Waals surface area contributed by atoms with Crippen LogP contribution in [-0.4, -0.2) is 27.7 Å². The van der Waals surface area contributed by atoms with E-state index in [4.69, 9.17) is 0 Å². The molecular formula is C10H19N3O. The Morgan fingerprint density at radius 1 is 1.64 bits per heavy atom. The summed E-state index contributed by atoms with van der Waals surface area (Å²) < 4.78 is 0. The minimum absolute atomic E-state index is 0.135. The summed E-state index contributed by atoms with van der Waals surface area (Å²) in [6, 6.07) is 0. The van der Waals surface area contributed by atoms with Gasteiger partial charge in [0.1, 0.15) is 0 Å². The first-order valence-corrected chi connectivity index (χ1v) is 5.19. The van der Waals surface area contributed by atoms with Crippen molar-refractivity contribution in [3.63, 3.8) is 0 Å². The van der Waals surface area contributed by atoms with Gasteiger partial charge in [0.15, 0.2) is 0 Å². The molecule has 0 radical (unpaired) electrons. The zero-order valence-corrected chi connectivity index (χ0v) is 8.66. The van der Waals surface area contributed by atoms with E-state index in [1.54, 1.807) is 6.33 Å². The summed E-state index contributed by atoms with van der Waals surface area (Å²) in [4.78, 5) is 6.95. The van der Waals surface area contributed by atoms with Crippen LogP contribution in [0.4, 0.5) is 0 Å². The molecule has 0 saturated carbocycles. The molecule has 0 aromatic carbocycles. The average molecular weight is 197 g/mol. The molecule has 80 valence electrons. The molecule has 0 spiro atoms. The minimum Gasteiger partial charge on any atom is -0.393 e. The highest BCUT2D eigenvalue weighted by atomic mass is 16.3. The molecule has 0 aliphatic heterocycles. The highest BCUT2D eigenvalue weighted by Gasteiger charge is 1.99. The van der Waals surface area contributed by atoms with Crippen LogP contribution in [0.5, 0.6) is 0 Å². The first kappa shape index (κ1) is 11.2. The lowest BCUT2D eigenvalue weighted by Crippen LogP contribution is -2.16. The maximum atomic E-state index is 9.30. The number of imidazole rings is 1. The highest BCUT2D eigenvalue weighted by molar-refractivity contribution is 4.92. The molecule has 1 aromatic rings. The molecule has 0 aliphatic rings. The molecule has 4 heteroatoms. The van der Waals surface area contributed by atoms with Gasteiger partial charge in [-0.05, 0) is 25.8 Å². The molecule has 0 bridgehead atoms. The van der Waals surface area contributed by atoms with Crippen molar-refractivity contribution < 1.29 is 5.11 Å². The SMILES string of the molecule is CCC(O)CCCNCc1cnc[nH]1. The first-order valence-electron chi connectivity index (χ1n) is 5.19. The molecule has 1 rings (SSSR count). The molecule has 1 unspecified atom stereocenters. The summed E-state index contributed by atoms with van der Waals surface area (Å²) in [6.07, 6.45) is 6.10. The number of hydrogen-bond donors (Lipinski definition) is 3. The maximum absolute atomic E-state index is 9.30. The summed E-state index contributed by atoms with van der Waals surface area (Å²) in [5, 5.41) is 12.6. The molecule has 0 saturated heterocycles. The largest absolute Gasteiger partial charge is 0.393 e. The number of aliphatic hydroxyl groups is 1. The molecule has 3 N–H and O–H groups in total. The van der Waals surface area contributed by atoms with Crippen LogP contribution < -0.4 is 5.32 Å². The standard InChI is InChI=1S/C10H19N3O/c1-2-10(14)4-3-5-11-6-9-7-12-8-13-9/h7-8,10-11,14H,2-6H2,1H3,(H,12,13). The van der Waals surface area contributed by atoms with Crippen molar-refractivity contribution >= 4 is 0 Å². The second kappa shape index (κ2) is 6.56. The van der Waals surface area contributed by atoms with E-state index in [0.29, 0.717) is 0 Å². The van der Waals surface area contributed by atoms with Gasteiger partial charge in [-0.25, -0.2) is 4.98 Å². The Kier molecular flexibility index (Phi) is 5.25. The van der Waals surface area contributed by atoms with Gasteiger partial charge in [0.2, 0.25) is 0 Å². The molecule has 4 nitrogen and oxygen atoms in total. The van der Waals surface area contributed by atoms with E-state index in [-0.39, 0.29) is 6.10 Å². The lowest BCUT2D eigenvalue weighted by Gasteiger charge is -2.07. The fraction of sp³-hybridized carbons (Fsp3) is 0.700. The summed E-state index contributed by atoms with van der Waals surface area (Å²) in [5.74, 6) is 0. The second-order valence-corrected chi connectivity index (χ2v) is 3.46. The van der Waals surface area contributed by atoms with E-state index in [1.807, 2.05) is 13.1 Å². The second-order valence-electron chi connectivity index (χ2n) is 3.46. The van der Waals surface area contributed by atoms with Crippen molar-refractivity contribution in [1.29, 1.82) is 0 Å². The van der Waals surface area contributed by atoms with Crippen LogP contribution >= 0.6 is 0 Å². The average Bonchev–Trinajstić information content (AvgIpc) is 2.69. The number of aromatic amines is 1. The van der Waals surface area contributed by atoms with Crippen LogP contribution in [0.15, 0.2) is 12.5 Å². The lowest BCUT2D eigenvalue weighted by molar-refractivity contribution is 0.157. The summed E-state index contributed by atoms with van der Waals surface area (Å²) in [5.41, 5.74) is 1.10. The predicted molar refractivity (Wildman–Crippen MR) is 55.8 cm³/mol. The van der Waals surface area contributed by atoms with Gasteiger partial charge >= 0.3 is 0 Å². The first-order chi connectivity index (χ1) is 6.83. The van der Waals surface area contributed by atoms with Crippen LogP contribution in [0.1, 0.15) is 31.9 Å². The Morgan fingerprint density at radius 3 is 3.14 bits per heavy atom. The lowest BCUT2D eigenvalue weighted by atomic mass is 10.1. The van der Waals surface area contributed by atoms with Crippen molar-refractivity contribution in [3.8, 4) is 0 Å². The number of nitrogens with one attached hydrogen (secondary N) is 2. The van der Waals surface area contributed by atoms with E-state index in [9.17, 15) is 5.11 Å². The van der Waals surface area contributed by atoms with Crippen molar-refractivity contribution in [1.82, 2.24) is 15.3 Å². The van der Waals surface area contributed by atoms with Gasteiger partial charge in [-0.1, -0.05) is 6.92 Å². The smallest absolute Gasteiger partial charge is 0.0922 e. The molecule has 0 aliphatic carbocycles. The van der Waals surface area contributed by atoms with Gasteiger partial charge in [0, 0.05) is 18.4 Å². The molecule has 1 heterocycles. The summed E-state index contributed by atoms with van der Waals surface area (Å²) in [6.45, 7) is 3.76. The van der Waals surface area contributed by atoms with E-state index in [1.165, 1.54) is 0 Å². The van der Waals surface area contributed by atoms with Crippen molar-refractivity contribution in [2.45, 2.75) is 38.8 Å². The summed E-state index contributed by atoms with van der Waals surface area (Å²) >= 11 is 0. The summed E-state index contributed by atoms with van der Waals surface area (Å²) in [7, 11) is 0. The molecule has 14 heavy (non-hydrogen) atoms. The van der Waals surface area contributed by atoms with E-state index in [0.717, 1.165) is 38.0 Å². The third-order valence-corrected chi connectivity index (χ3v) is 2.23. The van der Waals surface area contributed by atoms with Gasteiger partial charge in [-0.3, -0.25) is 0 Å². The van der Waals surface area contributed by atoms with E-state index < -0.39 is 0 Å². The van der Waals surface area contributed by atoms with Gasteiger partial charge in [0.25, 0.3) is 0 Å². The van der Waals surface area contributed by atoms with Crippen molar-refractivity contribution in [2.24, 2.45) is 0 Å². The number of aromatic nitrogens is 2. The van der Waals surface area contributed by atoms with Crippen molar-refractivity contribution in [2.75, 3.05) is 6.54 Å². The van der Waals surface area contributed by atoms with Crippen LogP contribution in [0.3, 0.4) is 0 Å². The third kappa shape index (κ3) is 4.39. The normalized spacial score (nSPS) is 13.0. The molecule has 0 amide bonds. The number of aliphatic hydroxyl groups excluding tert-OH is 1. The number of H-pyrrole nitrogens is 1. The van der Waals surface area contributed by atoms with Crippen LogP contribution in [0, 0.1) is 0 Å². The van der Waals surface area contributed by atoms with Crippen LogP contribution in [0.2, 0.25) is 0 Å². The van der Waals surface area contributed by atoms with Crippen molar-refractivity contribution in [3.05, 3.63) is 18.2 Å². The molecular weight excluding hydrogens is 178 g/mol. The quantitative estimate of drug-likeness (QED) is 0.573. The Morgan fingerprint density at radius 2 is 2.50 bits per heavy atom. The zero-order chi connectivity index (χ0) is 10.2. The highest BCUT2D eigenvalue weighted by Crippen LogP contribution is 1.99. The Labute approximate surface area is 84.8 Å². The van der Waals surface area contributed by atoms with Crippen LogP contribution in [0.25, 0.3) is 0 Å². The van der Waals surface area contributed by atoms with Gasteiger partial charge in [-0.15, -0.1) is 0 Å².